The number of nitrogen functional groups attached to an aromatic ring is 1. The van der Waals surface area contributed by atoms with Gasteiger partial charge in [0.05, 0.1) is 4.90 Å². The fourth-order valence-electron chi connectivity index (χ4n) is 1.74. The molecule has 0 bridgehead atoms. The zero-order valence-electron chi connectivity index (χ0n) is 10.6. The van der Waals surface area contributed by atoms with Gasteiger partial charge in [0.1, 0.15) is 5.82 Å². The van der Waals surface area contributed by atoms with Crippen LogP contribution < -0.4 is 5.73 Å². The van der Waals surface area contributed by atoms with E-state index in [4.69, 9.17) is 5.73 Å². The Bertz CT molecular complexity index is 768. The van der Waals surface area contributed by atoms with Crippen molar-refractivity contribution in [3.05, 3.63) is 59.4 Å². The summed E-state index contributed by atoms with van der Waals surface area (Å²) in [5.74, 6) is -0.867. The third-order valence-corrected chi connectivity index (χ3v) is 3.82. The molecule has 104 valence electrons. The van der Waals surface area contributed by atoms with Crippen LogP contribution in [0, 0.1) is 5.82 Å². The van der Waals surface area contributed by atoms with Crippen molar-refractivity contribution >= 4 is 21.3 Å². The first-order valence-corrected chi connectivity index (χ1v) is 7.57. The first-order valence-electron chi connectivity index (χ1n) is 5.68. The van der Waals surface area contributed by atoms with Crippen molar-refractivity contribution in [1.82, 2.24) is 0 Å². The van der Waals surface area contributed by atoms with Gasteiger partial charge in [0.25, 0.3) is 0 Å². The van der Waals surface area contributed by atoms with Gasteiger partial charge < -0.3 is 5.73 Å². The minimum atomic E-state index is -3.46. The summed E-state index contributed by atoms with van der Waals surface area (Å²) in [6.07, 6.45) is 1.04. The molecule has 0 aromatic heterocycles. The number of nitrogens with two attached hydrogens (primary N) is 1. The van der Waals surface area contributed by atoms with Crippen LogP contribution in [0.15, 0.2) is 47.4 Å². The Morgan fingerprint density at radius 1 is 1.05 bits per heavy atom. The first kappa shape index (κ1) is 14.2. The Hall–Kier alpha value is -2.21. The highest BCUT2D eigenvalue weighted by Crippen LogP contribution is 2.19. The predicted octanol–water partition coefficient (Wildman–Crippen LogP) is 2.04. The quantitative estimate of drug-likeness (QED) is 0.694. The van der Waals surface area contributed by atoms with Gasteiger partial charge in [-0.05, 0) is 42.5 Å². The molecule has 2 aromatic carbocycles. The lowest BCUT2D eigenvalue weighted by atomic mass is 10.0. The molecule has 0 saturated carbocycles. The number of hydrogen-bond donors (Lipinski definition) is 1. The summed E-state index contributed by atoms with van der Waals surface area (Å²) >= 11 is 0. The minimum Gasteiger partial charge on any atom is -0.399 e. The average Bonchev–Trinajstić information content (AvgIpc) is 2.37. The van der Waals surface area contributed by atoms with Crippen LogP contribution in [0.25, 0.3) is 0 Å². The van der Waals surface area contributed by atoms with Crippen LogP contribution >= 0.6 is 0 Å². The molecule has 0 aliphatic heterocycles. The Kier molecular flexibility index (Phi) is 3.59. The SMILES string of the molecule is CS(=O)(=O)c1cc(N)cc(C(=O)c2ccc(F)cc2)c1. The molecule has 20 heavy (non-hydrogen) atoms. The summed E-state index contributed by atoms with van der Waals surface area (Å²) in [5, 5.41) is 0. The van der Waals surface area contributed by atoms with E-state index in [-0.39, 0.29) is 21.7 Å². The maximum absolute atomic E-state index is 12.8. The highest BCUT2D eigenvalue weighted by molar-refractivity contribution is 7.90. The van der Waals surface area contributed by atoms with Gasteiger partial charge >= 0.3 is 0 Å². The van der Waals surface area contributed by atoms with Crippen molar-refractivity contribution < 1.29 is 17.6 Å². The van der Waals surface area contributed by atoms with Gasteiger partial charge in [-0.25, -0.2) is 12.8 Å². The van der Waals surface area contributed by atoms with Gasteiger partial charge in [0.2, 0.25) is 0 Å². The van der Waals surface area contributed by atoms with E-state index in [0.29, 0.717) is 0 Å². The van der Waals surface area contributed by atoms with Crippen molar-refractivity contribution in [2.75, 3.05) is 12.0 Å². The lowest BCUT2D eigenvalue weighted by Crippen LogP contribution is -2.06. The Balaban J connectivity index is 2.50. The molecule has 0 fully saturated rings. The van der Waals surface area contributed by atoms with Gasteiger partial charge in [0, 0.05) is 23.1 Å². The molecule has 4 nitrogen and oxygen atoms in total. The summed E-state index contributed by atoms with van der Waals surface area (Å²) in [4.78, 5) is 12.2. The van der Waals surface area contributed by atoms with Crippen molar-refractivity contribution in [3.63, 3.8) is 0 Å². The van der Waals surface area contributed by atoms with Crippen LogP contribution in [-0.4, -0.2) is 20.5 Å². The standard InChI is InChI=1S/C14H12FNO3S/c1-20(18,19)13-7-10(6-12(16)8-13)14(17)9-2-4-11(15)5-3-9/h2-8H,16H2,1H3. The largest absolute Gasteiger partial charge is 0.399 e. The molecule has 2 N–H and O–H groups in total. The molecule has 0 unspecified atom stereocenters. The van der Waals surface area contributed by atoms with Crippen molar-refractivity contribution in [2.45, 2.75) is 4.90 Å². The number of hydrogen-bond acceptors (Lipinski definition) is 4. The van der Waals surface area contributed by atoms with Crippen LogP contribution in [0.1, 0.15) is 15.9 Å². The van der Waals surface area contributed by atoms with E-state index >= 15 is 0 Å². The van der Waals surface area contributed by atoms with E-state index < -0.39 is 21.4 Å². The van der Waals surface area contributed by atoms with Crippen molar-refractivity contribution in [1.29, 1.82) is 0 Å². The van der Waals surface area contributed by atoms with Gasteiger partial charge in [0.15, 0.2) is 15.6 Å². The number of carbonyl (C=O) groups is 1. The third kappa shape index (κ3) is 3.03. The first-order chi connectivity index (χ1) is 9.27. The molecular weight excluding hydrogens is 281 g/mol. The second kappa shape index (κ2) is 5.05. The zero-order valence-corrected chi connectivity index (χ0v) is 11.4. The Morgan fingerprint density at radius 3 is 2.20 bits per heavy atom. The van der Waals surface area contributed by atoms with E-state index in [9.17, 15) is 17.6 Å². The van der Waals surface area contributed by atoms with Crippen LogP contribution in [-0.2, 0) is 9.84 Å². The lowest BCUT2D eigenvalue weighted by Gasteiger charge is -2.06. The van der Waals surface area contributed by atoms with Gasteiger partial charge in [-0.1, -0.05) is 0 Å². The molecule has 0 heterocycles. The second-order valence-corrected chi connectivity index (χ2v) is 6.41. The van der Waals surface area contributed by atoms with Crippen LogP contribution in [0.2, 0.25) is 0 Å². The number of ketones is 1. The number of anilines is 1. The number of benzene rings is 2. The highest BCUT2D eigenvalue weighted by Gasteiger charge is 2.15. The summed E-state index contributed by atoms with van der Waals surface area (Å²) in [5.41, 5.74) is 6.21. The number of sulfone groups is 1. The summed E-state index contributed by atoms with van der Waals surface area (Å²) in [7, 11) is -3.46. The van der Waals surface area contributed by atoms with Crippen molar-refractivity contribution in [2.24, 2.45) is 0 Å². The van der Waals surface area contributed by atoms with Crippen LogP contribution in [0.3, 0.4) is 0 Å². The molecule has 0 saturated heterocycles. The Labute approximate surface area is 116 Å². The predicted molar refractivity (Wildman–Crippen MR) is 73.8 cm³/mol. The van der Waals surface area contributed by atoms with Gasteiger partial charge in [-0.3, -0.25) is 4.79 Å². The lowest BCUT2D eigenvalue weighted by molar-refractivity contribution is 0.103. The maximum Gasteiger partial charge on any atom is 0.193 e. The molecule has 2 rings (SSSR count). The molecule has 0 aliphatic carbocycles. The summed E-state index contributed by atoms with van der Waals surface area (Å²) in [6, 6.07) is 8.94. The molecule has 0 spiro atoms. The highest BCUT2D eigenvalue weighted by atomic mass is 32.2. The van der Waals surface area contributed by atoms with E-state index in [0.717, 1.165) is 18.4 Å². The normalized spacial score (nSPS) is 11.3. The smallest absolute Gasteiger partial charge is 0.193 e. The number of rotatable bonds is 3. The summed E-state index contributed by atoms with van der Waals surface area (Å²) < 4.78 is 35.9. The average molecular weight is 293 g/mol. The monoisotopic (exact) mass is 293 g/mol. The van der Waals surface area contributed by atoms with Gasteiger partial charge in [-0.2, -0.15) is 0 Å². The molecule has 2 aromatic rings. The van der Waals surface area contributed by atoms with Crippen molar-refractivity contribution in [3.8, 4) is 0 Å². The molecule has 0 atom stereocenters. The second-order valence-electron chi connectivity index (χ2n) is 4.40. The molecule has 0 aliphatic rings. The Morgan fingerprint density at radius 2 is 1.65 bits per heavy atom. The maximum atomic E-state index is 12.8. The molecule has 6 heteroatoms. The summed E-state index contributed by atoms with van der Waals surface area (Å²) in [6.45, 7) is 0. The minimum absolute atomic E-state index is 0.0250. The van der Waals surface area contributed by atoms with Crippen LogP contribution in [0.5, 0.6) is 0 Å². The van der Waals surface area contributed by atoms with Gasteiger partial charge in [-0.15, -0.1) is 0 Å². The van der Waals surface area contributed by atoms with E-state index in [1.54, 1.807) is 0 Å². The van der Waals surface area contributed by atoms with E-state index in [1.165, 1.54) is 30.3 Å². The topological polar surface area (TPSA) is 77.2 Å². The molecule has 0 amide bonds. The number of carbonyl (C=O) groups excluding carboxylic acids is 1. The fourth-order valence-corrected chi connectivity index (χ4v) is 2.43. The third-order valence-electron chi connectivity index (χ3n) is 2.73. The fraction of sp³-hybridized carbons (Fsp3) is 0.0714. The van der Waals surface area contributed by atoms with Crippen LogP contribution in [0.4, 0.5) is 10.1 Å². The molecule has 0 radical (unpaired) electrons. The molecular formula is C14H12FNO3S. The zero-order chi connectivity index (χ0) is 14.9. The van der Waals surface area contributed by atoms with E-state index in [1.807, 2.05) is 0 Å². The van der Waals surface area contributed by atoms with E-state index in [2.05, 4.69) is 0 Å². The number of halogens is 1.